The Morgan fingerprint density at radius 2 is 1.73 bits per heavy atom. The van der Waals surface area contributed by atoms with Crippen LogP contribution in [0.5, 0.6) is 5.75 Å². The van der Waals surface area contributed by atoms with Crippen LogP contribution in [-0.4, -0.2) is 43.0 Å². The molecule has 158 valence electrons. The van der Waals surface area contributed by atoms with Gasteiger partial charge in [0.25, 0.3) is 0 Å². The van der Waals surface area contributed by atoms with Crippen LogP contribution in [0.3, 0.4) is 0 Å². The van der Waals surface area contributed by atoms with Crippen molar-refractivity contribution in [1.82, 2.24) is 4.90 Å². The molecule has 0 bridgehead atoms. The molecule has 1 fully saturated rings. The number of likely N-dealkylation sites (tertiary alicyclic amines) is 1. The number of hydrogen-bond donors (Lipinski definition) is 0. The molecule has 1 unspecified atom stereocenters. The largest absolute Gasteiger partial charge is 0.493 e. The maximum absolute atomic E-state index is 13.4. The Hall–Kier alpha value is -2.82. The zero-order valence-corrected chi connectivity index (χ0v) is 17.5. The summed E-state index contributed by atoms with van der Waals surface area (Å²) in [6.07, 6.45) is 5.21. The van der Waals surface area contributed by atoms with Gasteiger partial charge < -0.3 is 14.5 Å². The van der Waals surface area contributed by atoms with Gasteiger partial charge in [0.05, 0.1) is 18.9 Å². The maximum atomic E-state index is 13.4. The molecule has 2 aromatic carbocycles. The summed E-state index contributed by atoms with van der Waals surface area (Å²) in [5.74, 6) is 0.891. The van der Waals surface area contributed by atoms with Crippen LogP contribution in [0.15, 0.2) is 54.6 Å². The van der Waals surface area contributed by atoms with Crippen LogP contribution in [-0.2, 0) is 16.0 Å². The van der Waals surface area contributed by atoms with Crippen LogP contribution in [0.1, 0.15) is 37.7 Å². The highest BCUT2D eigenvalue weighted by molar-refractivity contribution is 5.96. The molecule has 0 aliphatic carbocycles. The fraction of sp³-hybridized carbons (Fsp3) is 0.440. The highest BCUT2D eigenvalue weighted by Gasteiger charge is 2.32. The quantitative estimate of drug-likeness (QED) is 0.752. The molecule has 30 heavy (non-hydrogen) atoms. The second kappa shape index (κ2) is 9.79. The third-order valence-corrected chi connectivity index (χ3v) is 6.08. The number of para-hydroxylation sites is 2. The summed E-state index contributed by atoms with van der Waals surface area (Å²) in [4.78, 5) is 29.9. The highest BCUT2D eigenvalue weighted by Crippen LogP contribution is 2.29. The van der Waals surface area contributed by atoms with E-state index in [0.29, 0.717) is 19.6 Å². The van der Waals surface area contributed by atoms with E-state index in [-0.39, 0.29) is 17.7 Å². The monoisotopic (exact) mass is 406 g/mol. The second-order valence-corrected chi connectivity index (χ2v) is 8.17. The van der Waals surface area contributed by atoms with Gasteiger partial charge in [-0.05, 0) is 55.9 Å². The Kier molecular flexibility index (Phi) is 6.67. The molecule has 4 rings (SSSR count). The van der Waals surface area contributed by atoms with Crippen molar-refractivity contribution in [3.63, 3.8) is 0 Å². The number of rotatable bonds is 5. The number of fused-ring (bicyclic) bond motifs is 1. The molecule has 1 atom stereocenters. The van der Waals surface area contributed by atoms with Gasteiger partial charge in [-0.25, -0.2) is 0 Å². The van der Waals surface area contributed by atoms with Crippen LogP contribution in [0, 0.1) is 5.92 Å². The van der Waals surface area contributed by atoms with Gasteiger partial charge in [0.15, 0.2) is 0 Å². The van der Waals surface area contributed by atoms with Crippen molar-refractivity contribution in [3.8, 4) is 5.75 Å². The van der Waals surface area contributed by atoms with E-state index in [1.165, 1.54) is 5.56 Å². The third-order valence-electron chi connectivity index (χ3n) is 6.08. The van der Waals surface area contributed by atoms with Gasteiger partial charge >= 0.3 is 0 Å². The molecule has 2 aliphatic rings. The lowest BCUT2D eigenvalue weighted by Crippen LogP contribution is -2.47. The van der Waals surface area contributed by atoms with Crippen LogP contribution in [0.25, 0.3) is 0 Å². The zero-order chi connectivity index (χ0) is 20.8. The van der Waals surface area contributed by atoms with Crippen molar-refractivity contribution >= 4 is 17.5 Å². The van der Waals surface area contributed by atoms with Crippen molar-refractivity contribution in [1.29, 1.82) is 0 Å². The molecule has 5 heteroatoms. The number of benzene rings is 2. The Labute approximate surface area is 178 Å². The van der Waals surface area contributed by atoms with Gasteiger partial charge in [-0.15, -0.1) is 0 Å². The van der Waals surface area contributed by atoms with E-state index < -0.39 is 0 Å². The minimum absolute atomic E-state index is 0.0692. The molecule has 2 aliphatic heterocycles. The average Bonchev–Trinajstić information content (AvgIpc) is 3.02. The van der Waals surface area contributed by atoms with E-state index in [4.69, 9.17) is 4.74 Å². The zero-order valence-electron chi connectivity index (χ0n) is 17.5. The Morgan fingerprint density at radius 3 is 2.60 bits per heavy atom. The summed E-state index contributed by atoms with van der Waals surface area (Å²) in [7, 11) is 0. The number of carbonyl (C=O) groups excluding carboxylic acids is 2. The van der Waals surface area contributed by atoms with Gasteiger partial charge in [0.2, 0.25) is 11.8 Å². The van der Waals surface area contributed by atoms with Gasteiger partial charge in [-0.3, -0.25) is 9.59 Å². The third kappa shape index (κ3) is 4.84. The van der Waals surface area contributed by atoms with Gasteiger partial charge in [0.1, 0.15) is 5.75 Å². The number of piperidine rings is 1. The highest BCUT2D eigenvalue weighted by atomic mass is 16.5. The van der Waals surface area contributed by atoms with Crippen LogP contribution in [0.4, 0.5) is 5.69 Å². The first kappa shape index (κ1) is 20.5. The lowest BCUT2D eigenvalue weighted by Gasteiger charge is -2.35. The summed E-state index contributed by atoms with van der Waals surface area (Å²) >= 11 is 0. The molecule has 2 aromatic rings. The lowest BCUT2D eigenvalue weighted by atomic mass is 9.95. The molecule has 0 spiro atoms. The molecule has 2 amide bonds. The summed E-state index contributed by atoms with van der Waals surface area (Å²) in [5.41, 5.74) is 2.31. The molecule has 1 saturated heterocycles. The second-order valence-electron chi connectivity index (χ2n) is 8.17. The van der Waals surface area contributed by atoms with Crippen molar-refractivity contribution < 1.29 is 14.3 Å². The Balaban J connectivity index is 1.35. The number of aryl methyl sites for hydroxylation is 1. The molecule has 0 N–H and O–H groups in total. The van der Waals surface area contributed by atoms with Gasteiger partial charge in [0, 0.05) is 25.3 Å². The summed E-state index contributed by atoms with van der Waals surface area (Å²) in [5, 5.41) is 0. The first-order valence-corrected chi connectivity index (χ1v) is 11.1. The fourth-order valence-corrected chi connectivity index (χ4v) is 4.48. The number of ether oxygens (including phenoxy) is 1. The molecule has 0 saturated carbocycles. The van der Waals surface area contributed by atoms with E-state index in [1.54, 1.807) is 0 Å². The lowest BCUT2D eigenvalue weighted by molar-refractivity contribution is -0.135. The van der Waals surface area contributed by atoms with Gasteiger partial charge in [-0.2, -0.15) is 0 Å². The number of nitrogens with zero attached hydrogens (tertiary/aromatic N) is 2. The Morgan fingerprint density at radius 1 is 0.933 bits per heavy atom. The number of carbonyl (C=O) groups is 2. The Bertz CT molecular complexity index is 868. The summed E-state index contributed by atoms with van der Waals surface area (Å²) in [6.45, 7) is 2.37. The van der Waals surface area contributed by atoms with E-state index in [2.05, 4.69) is 12.1 Å². The van der Waals surface area contributed by atoms with E-state index >= 15 is 0 Å². The minimum atomic E-state index is -0.121. The molecule has 2 heterocycles. The SMILES string of the molecule is O=C(CCOc1ccccc1)N1CCCC(C(=O)N2CCCCc3ccccc32)C1. The normalized spacial score (nSPS) is 19.0. The van der Waals surface area contributed by atoms with Crippen LogP contribution < -0.4 is 9.64 Å². The number of amides is 2. The van der Waals surface area contributed by atoms with Crippen LogP contribution in [0.2, 0.25) is 0 Å². The van der Waals surface area contributed by atoms with Crippen molar-refractivity contribution in [2.75, 3.05) is 31.1 Å². The summed E-state index contributed by atoms with van der Waals surface area (Å²) < 4.78 is 5.67. The van der Waals surface area contributed by atoms with E-state index in [1.807, 2.05) is 52.3 Å². The van der Waals surface area contributed by atoms with Crippen molar-refractivity contribution in [3.05, 3.63) is 60.2 Å². The smallest absolute Gasteiger partial charge is 0.231 e. The first-order chi connectivity index (χ1) is 14.7. The number of anilines is 1. The van der Waals surface area contributed by atoms with Crippen molar-refractivity contribution in [2.45, 2.75) is 38.5 Å². The standard InChI is InChI=1S/C25H30N2O3/c28-24(15-18-30-22-12-2-1-3-13-22)26-16-8-11-21(19-26)25(29)27-17-7-6-10-20-9-4-5-14-23(20)27/h1-5,9,12-14,21H,6-8,10-11,15-19H2. The predicted molar refractivity (Wildman–Crippen MR) is 118 cm³/mol. The van der Waals surface area contributed by atoms with E-state index in [9.17, 15) is 9.59 Å². The number of hydrogen-bond acceptors (Lipinski definition) is 3. The minimum Gasteiger partial charge on any atom is -0.493 e. The predicted octanol–water partition coefficient (Wildman–Crippen LogP) is 4.06. The molecular weight excluding hydrogens is 376 g/mol. The van der Waals surface area contributed by atoms with Gasteiger partial charge in [-0.1, -0.05) is 36.4 Å². The summed E-state index contributed by atoms with van der Waals surface area (Å²) in [6, 6.07) is 17.8. The molecule has 0 aromatic heterocycles. The molecule has 0 radical (unpaired) electrons. The topological polar surface area (TPSA) is 49.9 Å². The average molecular weight is 407 g/mol. The molecule has 5 nitrogen and oxygen atoms in total. The van der Waals surface area contributed by atoms with E-state index in [0.717, 1.165) is 56.6 Å². The maximum Gasteiger partial charge on any atom is 0.231 e. The van der Waals surface area contributed by atoms with Crippen molar-refractivity contribution in [2.24, 2.45) is 5.92 Å². The molecular formula is C25H30N2O3. The first-order valence-electron chi connectivity index (χ1n) is 11.1. The van der Waals surface area contributed by atoms with Crippen LogP contribution >= 0.6 is 0 Å². The fourth-order valence-electron chi connectivity index (χ4n) is 4.48.